The maximum atomic E-state index is 11.9. The number of hydrogen-bond acceptors (Lipinski definition) is 4. The first-order valence-corrected chi connectivity index (χ1v) is 8.66. The van der Waals surface area contributed by atoms with E-state index in [4.69, 9.17) is 25.8 Å². The smallest absolute Gasteiger partial charge is 0.244 e. The number of carbonyl (C=O) groups excluding carboxylic acids is 1. The van der Waals surface area contributed by atoms with Crippen LogP contribution in [0.15, 0.2) is 48.5 Å². The van der Waals surface area contributed by atoms with Gasteiger partial charge in [-0.1, -0.05) is 29.8 Å². The van der Waals surface area contributed by atoms with Crippen LogP contribution in [0.4, 0.5) is 0 Å². The number of methoxy groups -OCH3 is 1. The highest BCUT2D eigenvalue weighted by molar-refractivity contribution is 6.32. The average Bonchev–Trinajstić information content (AvgIpc) is 2.66. The second-order valence-electron chi connectivity index (χ2n) is 5.25. The van der Waals surface area contributed by atoms with Gasteiger partial charge in [0.05, 0.1) is 25.3 Å². The number of carbonyl (C=O) groups is 1. The van der Waals surface area contributed by atoms with Crippen LogP contribution in [-0.4, -0.2) is 32.8 Å². The Labute approximate surface area is 158 Å². The lowest BCUT2D eigenvalue weighted by atomic mass is 10.2. The first kappa shape index (κ1) is 19.7. The number of rotatable bonds is 9. The molecule has 0 spiro atoms. The minimum absolute atomic E-state index is 0.217. The summed E-state index contributed by atoms with van der Waals surface area (Å²) in [5, 5.41) is 3.19. The van der Waals surface area contributed by atoms with Gasteiger partial charge in [-0.2, -0.15) is 0 Å². The highest BCUT2D eigenvalue weighted by atomic mass is 35.5. The van der Waals surface area contributed by atoms with Crippen molar-refractivity contribution < 1.29 is 19.0 Å². The van der Waals surface area contributed by atoms with Crippen LogP contribution >= 0.6 is 11.6 Å². The lowest BCUT2D eigenvalue weighted by Crippen LogP contribution is -2.26. The van der Waals surface area contributed by atoms with E-state index in [2.05, 4.69) is 5.32 Å². The minimum atomic E-state index is -0.217. The molecule has 1 amide bonds. The third-order valence-corrected chi connectivity index (χ3v) is 3.66. The van der Waals surface area contributed by atoms with Gasteiger partial charge in [-0.25, -0.2) is 0 Å². The summed E-state index contributed by atoms with van der Waals surface area (Å²) in [5.41, 5.74) is 0.742. The maximum Gasteiger partial charge on any atom is 0.244 e. The zero-order valence-electron chi connectivity index (χ0n) is 14.8. The second-order valence-corrected chi connectivity index (χ2v) is 5.66. The number of amides is 1. The van der Waals surface area contributed by atoms with Gasteiger partial charge in [0.25, 0.3) is 0 Å². The van der Waals surface area contributed by atoms with Gasteiger partial charge in [-0.05, 0) is 42.8 Å². The molecule has 0 aliphatic rings. The molecule has 0 bridgehead atoms. The number of benzene rings is 2. The topological polar surface area (TPSA) is 56.8 Å². The lowest BCUT2D eigenvalue weighted by Gasteiger charge is -2.11. The van der Waals surface area contributed by atoms with Gasteiger partial charge < -0.3 is 19.5 Å². The second kappa shape index (κ2) is 10.4. The number of nitrogens with one attached hydrogen (secondary N) is 1. The Morgan fingerprint density at radius 3 is 2.65 bits per heavy atom. The van der Waals surface area contributed by atoms with Crippen LogP contribution < -0.4 is 19.5 Å². The predicted octanol–water partition coefficient (Wildman–Crippen LogP) is 3.96. The SMILES string of the molecule is CCOc1c(Cl)cc(/C=C/C(=O)NCCOc2ccccc2)cc1OC. The molecule has 0 aliphatic carbocycles. The van der Waals surface area contributed by atoms with Gasteiger partial charge in [0.1, 0.15) is 12.4 Å². The Morgan fingerprint density at radius 1 is 1.19 bits per heavy atom. The van der Waals surface area contributed by atoms with Crippen molar-refractivity contribution in [1.29, 1.82) is 0 Å². The Balaban J connectivity index is 1.86. The summed E-state index contributed by atoms with van der Waals surface area (Å²) < 4.78 is 16.3. The van der Waals surface area contributed by atoms with E-state index in [1.54, 1.807) is 25.3 Å². The summed E-state index contributed by atoms with van der Waals surface area (Å²) in [6.45, 7) is 3.16. The molecular formula is C20H22ClNO4. The molecule has 5 nitrogen and oxygen atoms in total. The predicted molar refractivity (Wildman–Crippen MR) is 103 cm³/mol. The fraction of sp³-hybridized carbons (Fsp3) is 0.250. The van der Waals surface area contributed by atoms with Crippen molar-refractivity contribution in [1.82, 2.24) is 5.32 Å². The molecule has 0 aliphatic heterocycles. The van der Waals surface area contributed by atoms with Crippen molar-refractivity contribution in [3.8, 4) is 17.2 Å². The van der Waals surface area contributed by atoms with E-state index in [-0.39, 0.29) is 5.91 Å². The Bertz CT molecular complexity index is 747. The highest BCUT2D eigenvalue weighted by Crippen LogP contribution is 2.36. The van der Waals surface area contributed by atoms with Crippen molar-refractivity contribution in [3.63, 3.8) is 0 Å². The number of para-hydroxylation sites is 1. The largest absolute Gasteiger partial charge is 0.493 e. The molecule has 1 N–H and O–H groups in total. The van der Waals surface area contributed by atoms with Gasteiger partial charge in [0.2, 0.25) is 5.91 Å². The molecule has 0 saturated heterocycles. The van der Waals surface area contributed by atoms with Gasteiger partial charge >= 0.3 is 0 Å². The normalized spacial score (nSPS) is 10.6. The molecular weight excluding hydrogens is 354 g/mol. The average molecular weight is 376 g/mol. The summed E-state index contributed by atoms with van der Waals surface area (Å²) in [7, 11) is 1.54. The molecule has 138 valence electrons. The van der Waals surface area contributed by atoms with Gasteiger partial charge in [0.15, 0.2) is 11.5 Å². The van der Waals surface area contributed by atoms with E-state index in [9.17, 15) is 4.79 Å². The van der Waals surface area contributed by atoms with E-state index in [1.165, 1.54) is 6.08 Å². The summed E-state index contributed by atoms with van der Waals surface area (Å²) in [5.74, 6) is 1.58. The molecule has 2 rings (SSSR count). The molecule has 0 heterocycles. The maximum absolute atomic E-state index is 11.9. The van der Waals surface area contributed by atoms with Crippen LogP contribution in [0, 0.1) is 0 Å². The van der Waals surface area contributed by atoms with Crippen molar-refractivity contribution >= 4 is 23.6 Å². The zero-order chi connectivity index (χ0) is 18.8. The van der Waals surface area contributed by atoms with E-state index < -0.39 is 0 Å². The quantitative estimate of drug-likeness (QED) is 0.532. The fourth-order valence-corrected chi connectivity index (χ4v) is 2.48. The van der Waals surface area contributed by atoms with E-state index in [1.807, 2.05) is 37.3 Å². The van der Waals surface area contributed by atoms with Crippen molar-refractivity contribution in [2.75, 3.05) is 26.9 Å². The molecule has 0 atom stereocenters. The van der Waals surface area contributed by atoms with Crippen molar-refractivity contribution in [2.24, 2.45) is 0 Å². The van der Waals surface area contributed by atoms with Crippen LogP contribution in [-0.2, 0) is 4.79 Å². The van der Waals surface area contributed by atoms with Gasteiger partial charge in [-0.15, -0.1) is 0 Å². The van der Waals surface area contributed by atoms with Gasteiger partial charge in [-0.3, -0.25) is 4.79 Å². The summed E-state index contributed by atoms with van der Waals surface area (Å²) in [6, 6.07) is 12.9. The molecule has 6 heteroatoms. The molecule has 0 fully saturated rings. The molecule has 0 saturated carbocycles. The Kier molecular flexibility index (Phi) is 7.83. The number of hydrogen-bond donors (Lipinski definition) is 1. The Morgan fingerprint density at radius 2 is 1.96 bits per heavy atom. The first-order valence-electron chi connectivity index (χ1n) is 8.28. The van der Waals surface area contributed by atoms with Crippen LogP contribution in [0.3, 0.4) is 0 Å². The third kappa shape index (κ3) is 6.01. The summed E-state index contributed by atoms with van der Waals surface area (Å²) >= 11 is 6.21. The van der Waals surface area contributed by atoms with Crippen molar-refractivity contribution in [2.45, 2.75) is 6.92 Å². The monoisotopic (exact) mass is 375 g/mol. The first-order chi connectivity index (χ1) is 12.6. The fourth-order valence-electron chi connectivity index (χ4n) is 2.21. The van der Waals surface area contributed by atoms with Crippen molar-refractivity contribution in [3.05, 3.63) is 59.1 Å². The van der Waals surface area contributed by atoms with Crippen LogP contribution in [0.25, 0.3) is 6.08 Å². The molecule has 0 radical (unpaired) electrons. The van der Waals surface area contributed by atoms with E-state index in [0.29, 0.717) is 36.3 Å². The van der Waals surface area contributed by atoms with Crippen LogP contribution in [0.2, 0.25) is 5.02 Å². The zero-order valence-corrected chi connectivity index (χ0v) is 15.6. The lowest BCUT2D eigenvalue weighted by molar-refractivity contribution is -0.116. The molecule has 26 heavy (non-hydrogen) atoms. The highest BCUT2D eigenvalue weighted by Gasteiger charge is 2.10. The van der Waals surface area contributed by atoms with Gasteiger partial charge in [0, 0.05) is 6.08 Å². The summed E-state index contributed by atoms with van der Waals surface area (Å²) in [6.07, 6.45) is 3.10. The van der Waals surface area contributed by atoms with Crippen LogP contribution in [0.1, 0.15) is 12.5 Å². The molecule has 0 aromatic heterocycles. The number of halogens is 1. The molecule has 2 aromatic carbocycles. The minimum Gasteiger partial charge on any atom is -0.493 e. The van der Waals surface area contributed by atoms with E-state index in [0.717, 1.165) is 11.3 Å². The third-order valence-electron chi connectivity index (χ3n) is 3.38. The van der Waals surface area contributed by atoms with Crippen LogP contribution in [0.5, 0.6) is 17.2 Å². The standard InChI is InChI=1S/C20H22ClNO4/c1-3-25-20-17(21)13-15(14-18(20)24-2)9-10-19(23)22-11-12-26-16-7-5-4-6-8-16/h4-10,13-14H,3,11-12H2,1-2H3,(H,22,23)/b10-9+. The van der Waals surface area contributed by atoms with E-state index >= 15 is 0 Å². The molecule has 2 aromatic rings. The number of ether oxygens (including phenoxy) is 3. The Hall–Kier alpha value is -2.66. The molecule has 0 unspecified atom stereocenters. The summed E-state index contributed by atoms with van der Waals surface area (Å²) in [4.78, 5) is 11.9.